The zero-order valence-electron chi connectivity index (χ0n) is 10.8. The van der Waals surface area contributed by atoms with Gasteiger partial charge in [0.2, 0.25) is 0 Å². The molecule has 0 aliphatic heterocycles. The molecule has 2 aromatic rings. The summed E-state index contributed by atoms with van der Waals surface area (Å²) in [6.45, 7) is 3.21. The van der Waals surface area contributed by atoms with Gasteiger partial charge in [0.1, 0.15) is 11.3 Å². The van der Waals surface area contributed by atoms with Gasteiger partial charge in [0.25, 0.3) is 0 Å². The van der Waals surface area contributed by atoms with Gasteiger partial charge in [-0.1, -0.05) is 13.3 Å². The number of aryl methyl sites for hydroxylation is 1. The van der Waals surface area contributed by atoms with E-state index < -0.39 is 0 Å². The third-order valence-corrected chi connectivity index (χ3v) is 3.93. The molecule has 0 radical (unpaired) electrons. The Morgan fingerprint density at radius 2 is 2.33 bits per heavy atom. The largest absolute Gasteiger partial charge is 0.328 e. The fraction of sp³-hybridized carbons (Fsp3) is 0.571. The molecule has 4 heteroatoms. The maximum absolute atomic E-state index is 6.23. The molecule has 0 bridgehead atoms. The first-order valence-corrected chi connectivity index (χ1v) is 6.87. The standard InChI is InChI=1S/C14H20N4/c1-2-8-18-13-6-7-16-9-12(13)17-14(18)10-4-3-5-11(10)15/h6-7,9-11H,2-5,8,15H2,1H3. The lowest BCUT2D eigenvalue weighted by molar-refractivity contribution is 0.538. The molecule has 1 aliphatic rings. The van der Waals surface area contributed by atoms with Crippen molar-refractivity contribution < 1.29 is 0 Å². The fourth-order valence-electron chi connectivity index (χ4n) is 3.05. The molecule has 0 saturated heterocycles. The van der Waals surface area contributed by atoms with Crippen LogP contribution in [-0.2, 0) is 6.54 Å². The van der Waals surface area contributed by atoms with E-state index in [1.54, 1.807) is 0 Å². The number of aromatic nitrogens is 3. The quantitative estimate of drug-likeness (QED) is 0.902. The topological polar surface area (TPSA) is 56.7 Å². The molecule has 2 heterocycles. The van der Waals surface area contributed by atoms with Crippen LogP contribution in [0.25, 0.3) is 11.0 Å². The maximum Gasteiger partial charge on any atom is 0.114 e. The van der Waals surface area contributed by atoms with E-state index in [2.05, 4.69) is 22.5 Å². The molecule has 96 valence electrons. The van der Waals surface area contributed by atoms with Crippen molar-refractivity contribution in [2.45, 2.75) is 51.1 Å². The van der Waals surface area contributed by atoms with Crippen molar-refractivity contribution in [2.24, 2.45) is 5.73 Å². The lowest BCUT2D eigenvalue weighted by Gasteiger charge is -2.17. The van der Waals surface area contributed by atoms with Crippen LogP contribution in [-0.4, -0.2) is 20.6 Å². The van der Waals surface area contributed by atoms with Gasteiger partial charge < -0.3 is 10.3 Å². The predicted octanol–water partition coefficient (Wildman–Crippen LogP) is 2.44. The highest BCUT2D eigenvalue weighted by Gasteiger charge is 2.29. The van der Waals surface area contributed by atoms with Crippen molar-refractivity contribution in [3.63, 3.8) is 0 Å². The van der Waals surface area contributed by atoms with Crippen molar-refractivity contribution in [1.29, 1.82) is 0 Å². The molecule has 3 rings (SSSR count). The second kappa shape index (κ2) is 4.69. The van der Waals surface area contributed by atoms with Crippen LogP contribution in [0.3, 0.4) is 0 Å². The van der Waals surface area contributed by atoms with Gasteiger partial charge >= 0.3 is 0 Å². The molecule has 0 spiro atoms. The van der Waals surface area contributed by atoms with Crippen LogP contribution in [0.5, 0.6) is 0 Å². The molecule has 18 heavy (non-hydrogen) atoms. The van der Waals surface area contributed by atoms with Crippen molar-refractivity contribution in [1.82, 2.24) is 14.5 Å². The van der Waals surface area contributed by atoms with Gasteiger partial charge in [-0.25, -0.2) is 4.98 Å². The Hall–Kier alpha value is -1.42. The van der Waals surface area contributed by atoms with Crippen LogP contribution in [0.15, 0.2) is 18.5 Å². The molecule has 0 amide bonds. The Kier molecular flexibility index (Phi) is 3.04. The smallest absolute Gasteiger partial charge is 0.114 e. The molecule has 0 aromatic carbocycles. The van der Waals surface area contributed by atoms with Crippen LogP contribution in [0.4, 0.5) is 0 Å². The van der Waals surface area contributed by atoms with E-state index in [9.17, 15) is 0 Å². The Morgan fingerprint density at radius 1 is 1.44 bits per heavy atom. The highest BCUT2D eigenvalue weighted by molar-refractivity contribution is 5.74. The van der Waals surface area contributed by atoms with Gasteiger partial charge in [0.15, 0.2) is 0 Å². The number of imidazole rings is 1. The first kappa shape index (κ1) is 11.7. The fourth-order valence-corrected chi connectivity index (χ4v) is 3.05. The highest BCUT2D eigenvalue weighted by Crippen LogP contribution is 2.34. The Bertz CT molecular complexity index is 546. The molecular formula is C14H20N4. The Labute approximate surface area is 107 Å². The number of hydrogen-bond acceptors (Lipinski definition) is 3. The summed E-state index contributed by atoms with van der Waals surface area (Å²) in [5, 5.41) is 0. The third-order valence-electron chi connectivity index (χ3n) is 3.93. The van der Waals surface area contributed by atoms with Gasteiger partial charge in [0.05, 0.1) is 11.7 Å². The van der Waals surface area contributed by atoms with Gasteiger partial charge in [-0.05, 0) is 25.3 Å². The molecule has 2 aromatic heterocycles. The van der Waals surface area contributed by atoms with E-state index in [0.717, 1.165) is 24.9 Å². The molecule has 1 aliphatic carbocycles. The molecule has 2 N–H and O–H groups in total. The summed E-state index contributed by atoms with van der Waals surface area (Å²) >= 11 is 0. The second-order valence-electron chi connectivity index (χ2n) is 5.19. The first-order chi connectivity index (χ1) is 8.81. The van der Waals surface area contributed by atoms with Crippen molar-refractivity contribution in [3.8, 4) is 0 Å². The summed E-state index contributed by atoms with van der Waals surface area (Å²) in [4.78, 5) is 8.95. The number of rotatable bonds is 3. The number of fused-ring (bicyclic) bond motifs is 1. The third kappa shape index (κ3) is 1.81. The summed E-state index contributed by atoms with van der Waals surface area (Å²) in [6.07, 6.45) is 8.32. The maximum atomic E-state index is 6.23. The first-order valence-electron chi connectivity index (χ1n) is 6.87. The second-order valence-corrected chi connectivity index (χ2v) is 5.19. The van der Waals surface area contributed by atoms with Gasteiger partial charge in [-0.2, -0.15) is 0 Å². The van der Waals surface area contributed by atoms with Crippen molar-refractivity contribution in [3.05, 3.63) is 24.3 Å². The molecule has 2 atom stereocenters. The Balaban J connectivity index is 2.12. The average Bonchev–Trinajstić information content (AvgIpc) is 2.94. The lowest BCUT2D eigenvalue weighted by Crippen LogP contribution is -2.25. The van der Waals surface area contributed by atoms with Crippen LogP contribution in [0.2, 0.25) is 0 Å². The van der Waals surface area contributed by atoms with Gasteiger partial charge in [0, 0.05) is 24.7 Å². The molecular weight excluding hydrogens is 224 g/mol. The van der Waals surface area contributed by atoms with E-state index in [1.807, 2.05) is 12.4 Å². The summed E-state index contributed by atoms with van der Waals surface area (Å²) in [5.74, 6) is 1.59. The molecule has 4 nitrogen and oxygen atoms in total. The zero-order chi connectivity index (χ0) is 12.5. The molecule has 2 unspecified atom stereocenters. The van der Waals surface area contributed by atoms with Gasteiger partial charge in [-0.3, -0.25) is 4.98 Å². The summed E-state index contributed by atoms with van der Waals surface area (Å²) < 4.78 is 2.34. The number of pyridine rings is 1. The zero-order valence-corrected chi connectivity index (χ0v) is 10.8. The van der Waals surface area contributed by atoms with E-state index in [4.69, 9.17) is 10.7 Å². The SMILES string of the molecule is CCCn1c(C2CCCC2N)nc2cnccc21. The van der Waals surface area contributed by atoms with Crippen molar-refractivity contribution >= 4 is 11.0 Å². The minimum absolute atomic E-state index is 0.269. The van der Waals surface area contributed by atoms with Crippen LogP contribution in [0, 0.1) is 0 Å². The number of hydrogen-bond donors (Lipinski definition) is 1. The van der Waals surface area contributed by atoms with Gasteiger partial charge in [-0.15, -0.1) is 0 Å². The van der Waals surface area contributed by atoms with Crippen molar-refractivity contribution in [2.75, 3.05) is 0 Å². The minimum atomic E-state index is 0.269. The average molecular weight is 244 g/mol. The normalized spacial score (nSPS) is 23.9. The lowest BCUT2D eigenvalue weighted by atomic mass is 10.0. The van der Waals surface area contributed by atoms with E-state index in [-0.39, 0.29) is 6.04 Å². The van der Waals surface area contributed by atoms with Crippen LogP contribution < -0.4 is 5.73 Å². The van der Waals surface area contributed by atoms with Crippen LogP contribution >= 0.6 is 0 Å². The van der Waals surface area contributed by atoms with E-state index in [0.29, 0.717) is 5.92 Å². The summed E-state index contributed by atoms with van der Waals surface area (Å²) in [6, 6.07) is 2.33. The summed E-state index contributed by atoms with van der Waals surface area (Å²) in [5.41, 5.74) is 8.42. The molecule has 1 fully saturated rings. The number of nitrogens with two attached hydrogens (primary N) is 1. The predicted molar refractivity (Wildman–Crippen MR) is 72.4 cm³/mol. The van der Waals surface area contributed by atoms with E-state index in [1.165, 1.54) is 24.2 Å². The number of nitrogens with zero attached hydrogens (tertiary/aromatic N) is 3. The Morgan fingerprint density at radius 3 is 3.06 bits per heavy atom. The van der Waals surface area contributed by atoms with Crippen LogP contribution in [0.1, 0.15) is 44.3 Å². The molecule has 1 saturated carbocycles. The van der Waals surface area contributed by atoms with E-state index >= 15 is 0 Å². The minimum Gasteiger partial charge on any atom is -0.328 e. The highest BCUT2D eigenvalue weighted by atomic mass is 15.1. The monoisotopic (exact) mass is 244 g/mol. The summed E-state index contributed by atoms with van der Waals surface area (Å²) in [7, 11) is 0.